The third-order valence-corrected chi connectivity index (χ3v) is 4.17. The highest BCUT2D eigenvalue weighted by Crippen LogP contribution is 2.26. The predicted octanol–water partition coefficient (Wildman–Crippen LogP) is 3.17. The molecule has 1 aliphatic heterocycles. The van der Waals surface area contributed by atoms with Crippen LogP contribution in [0.5, 0.6) is 5.75 Å². The average Bonchev–Trinajstić information content (AvgIpc) is 2.46. The van der Waals surface area contributed by atoms with Gasteiger partial charge in [-0.25, -0.2) is 0 Å². The monoisotopic (exact) mass is 281 g/mol. The largest absolute Gasteiger partial charge is 0.496 e. The van der Waals surface area contributed by atoms with E-state index in [1.165, 1.54) is 0 Å². The van der Waals surface area contributed by atoms with E-state index in [0.717, 1.165) is 25.9 Å². The molecule has 1 unspecified atom stereocenters. The summed E-state index contributed by atoms with van der Waals surface area (Å²) in [5.41, 5.74) is 0.641. The molecule has 0 radical (unpaired) electrons. The second-order valence-electron chi connectivity index (χ2n) is 5.01. The second-order valence-corrected chi connectivity index (χ2v) is 5.70. The normalized spacial score (nSPS) is 18.2. The highest BCUT2D eigenvalue weighted by atomic mass is 35.5. The zero-order valence-electron chi connectivity index (χ0n) is 11.4. The average molecular weight is 282 g/mol. The Bertz CT molecular complexity index is 440. The summed E-state index contributed by atoms with van der Waals surface area (Å²) in [6.07, 6.45) is 1.96. The van der Waals surface area contributed by atoms with Gasteiger partial charge >= 0.3 is 0 Å². The van der Waals surface area contributed by atoms with Crippen molar-refractivity contribution < 1.29 is 9.53 Å². The van der Waals surface area contributed by atoms with Crippen LogP contribution in [-0.4, -0.2) is 36.4 Å². The molecule has 3 nitrogen and oxygen atoms in total. The van der Waals surface area contributed by atoms with Crippen molar-refractivity contribution in [1.29, 1.82) is 0 Å². The number of likely N-dealkylation sites (tertiary alicyclic amines) is 1. The number of nitrogens with zero attached hydrogens (tertiary/aromatic N) is 1. The number of methoxy groups -OCH3 is 1. The van der Waals surface area contributed by atoms with Gasteiger partial charge in [0.2, 0.25) is 0 Å². The maximum absolute atomic E-state index is 12.5. The van der Waals surface area contributed by atoms with E-state index in [1.54, 1.807) is 7.11 Å². The first-order valence-corrected chi connectivity index (χ1v) is 7.13. The molecule has 1 atom stereocenters. The molecule has 0 N–H and O–H groups in total. The summed E-state index contributed by atoms with van der Waals surface area (Å²) in [4.78, 5) is 14.4. The van der Waals surface area contributed by atoms with E-state index >= 15 is 0 Å². The van der Waals surface area contributed by atoms with Crippen molar-refractivity contribution >= 4 is 17.5 Å². The lowest BCUT2D eigenvalue weighted by atomic mass is 9.93. The summed E-state index contributed by atoms with van der Waals surface area (Å²) in [6.45, 7) is 3.58. The lowest BCUT2D eigenvalue weighted by Gasteiger charge is -2.33. The van der Waals surface area contributed by atoms with E-state index in [1.807, 2.05) is 36.1 Å². The third-order valence-electron chi connectivity index (χ3n) is 3.81. The highest BCUT2D eigenvalue weighted by molar-refractivity contribution is 6.20. The molecule has 1 aromatic rings. The molecule has 1 fully saturated rings. The van der Waals surface area contributed by atoms with E-state index in [-0.39, 0.29) is 11.3 Å². The molecule has 0 aromatic heterocycles. The number of carbonyl (C=O) groups is 1. The van der Waals surface area contributed by atoms with Gasteiger partial charge in [-0.15, -0.1) is 11.6 Å². The van der Waals surface area contributed by atoms with Gasteiger partial charge in [-0.3, -0.25) is 4.79 Å². The number of ether oxygens (including phenoxy) is 1. The minimum absolute atomic E-state index is 0.0538. The molecule has 1 heterocycles. The number of para-hydroxylation sites is 1. The van der Waals surface area contributed by atoms with Crippen molar-refractivity contribution in [3.05, 3.63) is 29.8 Å². The summed E-state index contributed by atoms with van der Waals surface area (Å²) >= 11 is 6.13. The lowest BCUT2D eigenvalue weighted by molar-refractivity contribution is 0.0686. The van der Waals surface area contributed by atoms with Crippen molar-refractivity contribution in [3.8, 4) is 5.75 Å². The number of piperidine rings is 1. The standard InChI is InChI=1S/C15H20ClNO2/c1-11(16)12-7-9-17(10-8-12)15(18)13-5-3-4-6-14(13)19-2/h3-6,11-12H,7-10H2,1-2H3. The molecule has 1 amide bonds. The van der Waals surface area contributed by atoms with Gasteiger partial charge in [0.15, 0.2) is 0 Å². The van der Waals surface area contributed by atoms with Crippen molar-refractivity contribution in [1.82, 2.24) is 4.90 Å². The SMILES string of the molecule is COc1ccccc1C(=O)N1CCC(C(C)Cl)CC1. The fourth-order valence-corrected chi connectivity index (χ4v) is 2.81. The van der Waals surface area contributed by atoms with Gasteiger partial charge in [0.25, 0.3) is 5.91 Å². The van der Waals surface area contributed by atoms with Crippen LogP contribution in [0.2, 0.25) is 0 Å². The molecule has 104 valence electrons. The van der Waals surface area contributed by atoms with E-state index in [0.29, 0.717) is 17.2 Å². The zero-order chi connectivity index (χ0) is 13.8. The molecule has 0 spiro atoms. The minimum atomic E-state index is 0.0538. The summed E-state index contributed by atoms with van der Waals surface area (Å²) in [5, 5.41) is 0.184. The molecule has 1 aromatic carbocycles. The summed E-state index contributed by atoms with van der Waals surface area (Å²) in [5.74, 6) is 1.21. The van der Waals surface area contributed by atoms with E-state index in [4.69, 9.17) is 16.3 Å². The van der Waals surface area contributed by atoms with Crippen molar-refractivity contribution in [3.63, 3.8) is 0 Å². The molecular formula is C15H20ClNO2. The van der Waals surface area contributed by atoms with Crippen molar-refractivity contribution in [2.24, 2.45) is 5.92 Å². The highest BCUT2D eigenvalue weighted by Gasteiger charge is 2.27. The van der Waals surface area contributed by atoms with Crippen molar-refractivity contribution in [2.75, 3.05) is 20.2 Å². The van der Waals surface area contributed by atoms with Crippen LogP contribution >= 0.6 is 11.6 Å². The Morgan fingerprint density at radius 3 is 2.58 bits per heavy atom. The van der Waals surface area contributed by atoms with E-state index in [2.05, 4.69) is 0 Å². The molecule has 19 heavy (non-hydrogen) atoms. The third kappa shape index (κ3) is 3.21. The zero-order valence-corrected chi connectivity index (χ0v) is 12.2. The van der Waals surface area contributed by atoms with Crippen molar-refractivity contribution in [2.45, 2.75) is 25.1 Å². The van der Waals surface area contributed by atoms with Gasteiger partial charge in [0.1, 0.15) is 5.75 Å². The van der Waals surface area contributed by atoms with Gasteiger partial charge in [-0.2, -0.15) is 0 Å². The Balaban J connectivity index is 2.05. The Morgan fingerprint density at radius 1 is 1.37 bits per heavy atom. The quantitative estimate of drug-likeness (QED) is 0.797. The first-order chi connectivity index (χ1) is 9.13. The number of alkyl halides is 1. The van der Waals surface area contributed by atoms with Crippen LogP contribution in [0, 0.1) is 5.92 Å². The van der Waals surface area contributed by atoms with Crippen LogP contribution < -0.4 is 4.74 Å². The van der Waals surface area contributed by atoms with Crippen LogP contribution in [0.3, 0.4) is 0 Å². The number of rotatable bonds is 3. The molecule has 0 bridgehead atoms. The van der Waals surface area contributed by atoms with Crippen LogP contribution in [0.15, 0.2) is 24.3 Å². The Labute approximate surface area is 119 Å². The van der Waals surface area contributed by atoms with E-state index in [9.17, 15) is 4.79 Å². The number of hydrogen-bond acceptors (Lipinski definition) is 2. The molecular weight excluding hydrogens is 262 g/mol. The number of benzene rings is 1. The van der Waals surface area contributed by atoms with Gasteiger partial charge in [0.05, 0.1) is 12.7 Å². The fourth-order valence-electron chi connectivity index (χ4n) is 2.55. The van der Waals surface area contributed by atoms with Crippen LogP contribution in [0.1, 0.15) is 30.1 Å². The van der Waals surface area contributed by atoms with Gasteiger partial charge in [-0.05, 0) is 37.8 Å². The van der Waals surface area contributed by atoms with Crippen LogP contribution in [0.4, 0.5) is 0 Å². The molecule has 0 aliphatic carbocycles. The smallest absolute Gasteiger partial charge is 0.257 e. The van der Waals surface area contributed by atoms with Gasteiger partial charge in [-0.1, -0.05) is 12.1 Å². The first-order valence-electron chi connectivity index (χ1n) is 6.70. The molecule has 4 heteroatoms. The Hall–Kier alpha value is -1.22. The summed E-state index contributed by atoms with van der Waals surface area (Å²) in [7, 11) is 1.59. The van der Waals surface area contributed by atoms with E-state index < -0.39 is 0 Å². The van der Waals surface area contributed by atoms with Gasteiger partial charge in [0, 0.05) is 18.5 Å². The second kappa shape index (κ2) is 6.29. The summed E-state index contributed by atoms with van der Waals surface area (Å²) in [6, 6.07) is 7.37. The maximum Gasteiger partial charge on any atom is 0.257 e. The first kappa shape index (κ1) is 14.2. The number of carbonyl (C=O) groups excluding carboxylic acids is 1. The lowest BCUT2D eigenvalue weighted by Crippen LogP contribution is -2.40. The Kier molecular flexibility index (Phi) is 4.70. The topological polar surface area (TPSA) is 29.5 Å². The van der Waals surface area contributed by atoms with Crippen LogP contribution in [0.25, 0.3) is 0 Å². The number of amides is 1. The van der Waals surface area contributed by atoms with Crippen LogP contribution in [-0.2, 0) is 0 Å². The maximum atomic E-state index is 12.5. The summed E-state index contributed by atoms with van der Waals surface area (Å²) < 4.78 is 5.25. The minimum Gasteiger partial charge on any atom is -0.496 e. The Morgan fingerprint density at radius 2 is 2.00 bits per heavy atom. The molecule has 0 saturated carbocycles. The molecule has 2 rings (SSSR count). The molecule has 1 saturated heterocycles. The number of halogens is 1. The number of hydrogen-bond donors (Lipinski definition) is 0. The predicted molar refractivity (Wildman–Crippen MR) is 76.9 cm³/mol. The molecule has 1 aliphatic rings. The van der Waals surface area contributed by atoms with Gasteiger partial charge < -0.3 is 9.64 Å². The fraction of sp³-hybridized carbons (Fsp3) is 0.533.